The monoisotopic (exact) mass is 245 g/mol. The van der Waals surface area contributed by atoms with E-state index < -0.39 is 0 Å². The van der Waals surface area contributed by atoms with Crippen molar-refractivity contribution in [3.63, 3.8) is 0 Å². The molecule has 0 aliphatic carbocycles. The Morgan fingerprint density at radius 2 is 1.16 bits per heavy atom. The van der Waals surface area contributed by atoms with Gasteiger partial charge in [0, 0.05) is 12.4 Å². The van der Waals surface area contributed by atoms with E-state index in [0.29, 0.717) is 0 Å². The Labute approximate surface area is 113 Å². The van der Waals surface area contributed by atoms with E-state index in [2.05, 4.69) is 65.6 Å². The predicted molar refractivity (Wildman–Crippen MR) is 78.9 cm³/mol. The molecule has 1 nitrogen and oxygen atoms in total. The van der Waals surface area contributed by atoms with E-state index in [9.17, 15) is 0 Å². The van der Waals surface area contributed by atoms with Gasteiger partial charge in [0.2, 0.25) is 0 Å². The molecule has 0 saturated heterocycles. The van der Waals surface area contributed by atoms with Crippen LogP contribution in [0.15, 0.2) is 79.1 Å². The summed E-state index contributed by atoms with van der Waals surface area (Å²) in [6, 6.07) is 23.3. The van der Waals surface area contributed by atoms with Gasteiger partial charge in [0.25, 0.3) is 0 Å². The third-order valence-corrected chi connectivity index (χ3v) is 3.22. The average Bonchev–Trinajstić information content (AvgIpc) is 2.50. The lowest BCUT2D eigenvalue weighted by Gasteiger charge is -2.04. The van der Waals surface area contributed by atoms with Crippen LogP contribution in [-0.2, 0) is 6.42 Å². The fourth-order valence-electron chi connectivity index (χ4n) is 2.18. The lowest BCUT2D eigenvalue weighted by molar-refractivity contribution is 1.16. The number of aromatic nitrogens is 1. The largest absolute Gasteiger partial charge is 0.265 e. The van der Waals surface area contributed by atoms with Crippen LogP contribution in [-0.4, -0.2) is 4.98 Å². The number of hydrogen-bond donors (Lipinski definition) is 0. The normalized spacial score (nSPS) is 10.3. The molecule has 3 aromatic rings. The molecule has 0 amide bonds. The second kappa shape index (κ2) is 5.49. The van der Waals surface area contributed by atoms with Gasteiger partial charge in [0.05, 0.1) is 0 Å². The number of hydrogen-bond acceptors (Lipinski definition) is 1. The van der Waals surface area contributed by atoms with Crippen molar-refractivity contribution >= 4 is 0 Å². The van der Waals surface area contributed by atoms with E-state index in [0.717, 1.165) is 6.42 Å². The maximum atomic E-state index is 4.04. The van der Waals surface area contributed by atoms with Gasteiger partial charge in [0.1, 0.15) is 0 Å². The summed E-state index contributed by atoms with van der Waals surface area (Å²) in [5, 5.41) is 0. The first-order chi connectivity index (χ1) is 9.42. The van der Waals surface area contributed by atoms with Crippen molar-refractivity contribution in [2.75, 3.05) is 0 Å². The Hall–Kier alpha value is -2.41. The minimum Gasteiger partial charge on any atom is -0.265 e. The molecule has 0 fully saturated rings. The lowest BCUT2D eigenvalue weighted by atomic mass is 10.0. The highest BCUT2D eigenvalue weighted by atomic mass is 14.6. The Bertz CT molecular complexity index is 628. The second-order valence-corrected chi connectivity index (χ2v) is 4.60. The summed E-state index contributed by atoms with van der Waals surface area (Å²) in [6.07, 6.45) is 4.64. The molecule has 0 radical (unpaired) electrons. The molecule has 2 aromatic carbocycles. The van der Waals surface area contributed by atoms with Crippen molar-refractivity contribution in [2.45, 2.75) is 6.42 Å². The van der Waals surface area contributed by atoms with E-state index in [1.807, 2.05) is 18.5 Å². The standard InChI is InChI=1S/C18H15N/c1-2-4-17(5-3-1)18-8-6-15(7-9-18)14-16-10-12-19-13-11-16/h1-13H,14H2. The molecule has 1 heteroatoms. The van der Waals surface area contributed by atoms with Crippen LogP contribution >= 0.6 is 0 Å². The molecule has 3 rings (SSSR count). The Balaban J connectivity index is 1.80. The number of benzene rings is 2. The summed E-state index contributed by atoms with van der Waals surface area (Å²) in [5.41, 5.74) is 5.14. The van der Waals surface area contributed by atoms with Crippen LogP contribution in [0.2, 0.25) is 0 Å². The van der Waals surface area contributed by atoms with Crippen LogP contribution < -0.4 is 0 Å². The molecule has 0 aliphatic rings. The van der Waals surface area contributed by atoms with Gasteiger partial charge < -0.3 is 0 Å². The van der Waals surface area contributed by atoms with Crippen LogP contribution in [0, 0.1) is 0 Å². The summed E-state index contributed by atoms with van der Waals surface area (Å²) in [7, 11) is 0. The zero-order valence-electron chi connectivity index (χ0n) is 10.7. The molecule has 1 aromatic heterocycles. The van der Waals surface area contributed by atoms with Crippen molar-refractivity contribution in [1.29, 1.82) is 0 Å². The van der Waals surface area contributed by atoms with Gasteiger partial charge in [-0.05, 0) is 40.8 Å². The van der Waals surface area contributed by atoms with Crippen LogP contribution in [0.4, 0.5) is 0 Å². The van der Waals surface area contributed by atoms with E-state index in [1.165, 1.54) is 22.3 Å². The lowest BCUT2D eigenvalue weighted by Crippen LogP contribution is -1.88. The molecule has 92 valence electrons. The third-order valence-electron chi connectivity index (χ3n) is 3.22. The second-order valence-electron chi connectivity index (χ2n) is 4.60. The van der Waals surface area contributed by atoms with Crippen molar-refractivity contribution in [3.05, 3.63) is 90.3 Å². The summed E-state index contributed by atoms with van der Waals surface area (Å²) in [5.74, 6) is 0. The SMILES string of the molecule is c1ccc(-c2ccc(Cc3ccncc3)cc2)cc1. The topological polar surface area (TPSA) is 12.9 Å². The average molecular weight is 245 g/mol. The molecular formula is C18H15N. The third kappa shape index (κ3) is 2.89. The number of nitrogens with zero attached hydrogens (tertiary/aromatic N) is 1. The molecule has 0 atom stereocenters. The van der Waals surface area contributed by atoms with E-state index in [-0.39, 0.29) is 0 Å². The van der Waals surface area contributed by atoms with Crippen LogP contribution in [0.1, 0.15) is 11.1 Å². The Morgan fingerprint density at radius 3 is 1.84 bits per heavy atom. The summed E-state index contributed by atoms with van der Waals surface area (Å²) >= 11 is 0. The minimum atomic E-state index is 0.956. The van der Waals surface area contributed by atoms with Gasteiger partial charge in [0.15, 0.2) is 0 Å². The van der Waals surface area contributed by atoms with E-state index in [1.54, 1.807) is 0 Å². The first-order valence-electron chi connectivity index (χ1n) is 6.45. The number of pyridine rings is 1. The van der Waals surface area contributed by atoms with Crippen LogP contribution in [0.3, 0.4) is 0 Å². The molecule has 0 saturated carbocycles. The van der Waals surface area contributed by atoms with Crippen molar-refractivity contribution in [2.24, 2.45) is 0 Å². The minimum absolute atomic E-state index is 0.956. The smallest absolute Gasteiger partial charge is 0.0270 e. The fourth-order valence-corrected chi connectivity index (χ4v) is 2.18. The fraction of sp³-hybridized carbons (Fsp3) is 0.0556. The van der Waals surface area contributed by atoms with Crippen molar-refractivity contribution in [3.8, 4) is 11.1 Å². The van der Waals surface area contributed by atoms with Crippen LogP contribution in [0.25, 0.3) is 11.1 Å². The van der Waals surface area contributed by atoms with Crippen LogP contribution in [0.5, 0.6) is 0 Å². The molecule has 0 bridgehead atoms. The van der Waals surface area contributed by atoms with Gasteiger partial charge >= 0.3 is 0 Å². The molecule has 0 unspecified atom stereocenters. The van der Waals surface area contributed by atoms with E-state index in [4.69, 9.17) is 0 Å². The highest BCUT2D eigenvalue weighted by Crippen LogP contribution is 2.20. The first-order valence-corrected chi connectivity index (χ1v) is 6.45. The highest BCUT2D eigenvalue weighted by Gasteiger charge is 1.98. The van der Waals surface area contributed by atoms with Gasteiger partial charge in [-0.25, -0.2) is 0 Å². The van der Waals surface area contributed by atoms with Gasteiger partial charge in [-0.2, -0.15) is 0 Å². The zero-order valence-corrected chi connectivity index (χ0v) is 10.7. The Kier molecular flexibility index (Phi) is 3.37. The summed E-state index contributed by atoms with van der Waals surface area (Å²) in [6.45, 7) is 0. The predicted octanol–water partition coefficient (Wildman–Crippen LogP) is 4.34. The van der Waals surface area contributed by atoms with Crippen molar-refractivity contribution < 1.29 is 0 Å². The molecule has 0 aliphatic heterocycles. The van der Waals surface area contributed by atoms with E-state index >= 15 is 0 Å². The summed E-state index contributed by atoms with van der Waals surface area (Å²) in [4.78, 5) is 4.04. The van der Waals surface area contributed by atoms with Gasteiger partial charge in [-0.1, -0.05) is 54.6 Å². The maximum absolute atomic E-state index is 4.04. The van der Waals surface area contributed by atoms with Gasteiger partial charge in [-0.15, -0.1) is 0 Å². The summed E-state index contributed by atoms with van der Waals surface area (Å²) < 4.78 is 0. The number of rotatable bonds is 3. The van der Waals surface area contributed by atoms with Crippen molar-refractivity contribution in [1.82, 2.24) is 4.98 Å². The molecular weight excluding hydrogens is 230 g/mol. The zero-order chi connectivity index (χ0) is 12.9. The maximum Gasteiger partial charge on any atom is 0.0270 e. The molecule has 1 heterocycles. The van der Waals surface area contributed by atoms with Gasteiger partial charge in [-0.3, -0.25) is 4.98 Å². The Morgan fingerprint density at radius 1 is 0.579 bits per heavy atom. The molecule has 0 N–H and O–H groups in total. The molecule has 0 spiro atoms. The first kappa shape index (κ1) is 11.7. The quantitative estimate of drug-likeness (QED) is 0.669. The molecule has 19 heavy (non-hydrogen) atoms. The highest BCUT2D eigenvalue weighted by molar-refractivity contribution is 5.63.